The number of thioether (sulfide) groups is 1. The normalized spacial score (nSPS) is 11.1. The predicted molar refractivity (Wildman–Crippen MR) is 103 cm³/mol. The summed E-state index contributed by atoms with van der Waals surface area (Å²) in [6.07, 6.45) is 0. The molecule has 0 saturated heterocycles. The van der Waals surface area contributed by atoms with Crippen molar-refractivity contribution in [3.63, 3.8) is 0 Å². The first-order chi connectivity index (χ1) is 12.6. The Morgan fingerprint density at radius 2 is 2.00 bits per heavy atom. The number of benzene rings is 1. The third kappa shape index (κ3) is 3.36. The zero-order valence-electron chi connectivity index (χ0n) is 13.8. The van der Waals surface area contributed by atoms with Crippen molar-refractivity contribution in [1.29, 1.82) is 0 Å². The first kappa shape index (κ1) is 16.8. The van der Waals surface area contributed by atoms with Gasteiger partial charge in [0, 0.05) is 10.3 Å². The maximum atomic E-state index is 10.9. The molecule has 0 unspecified atom stereocenters. The monoisotopic (exact) mass is 382 g/mol. The SMILES string of the molecule is Cc1nc(SCc2ccc(C(=O)O)o2)c2cc(-c3ccccc3)sc2n1. The van der Waals surface area contributed by atoms with Gasteiger partial charge in [-0.1, -0.05) is 42.1 Å². The average molecular weight is 382 g/mol. The molecule has 1 aromatic carbocycles. The van der Waals surface area contributed by atoms with Gasteiger partial charge in [-0.15, -0.1) is 11.3 Å². The Bertz CT molecular complexity index is 1090. The summed E-state index contributed by atoms with van der Waals surface area (Å²) in [5.74, 6) is 0.718. The standard InChI is InChI=1S/C19H14N2O3S2/c1-11-20-17(25-10-13-7-8-15(24-13)19(22)23)14-9-16(26-18(14)21-11)12-5-3-2-4-6-12/h2-9H,10H2,1H3,(H,22,23). The molecular weight excluding hydrogens is 368 g/mol. The molecule has 26 heavy (non-hydrogen) atoms. The highest BCUT2D eigenvalue weighted by Gasteiger charge is 2.14. The highest BCUT2D eigenvalue weighted by Crippen LogP contribution is 2.37. The summed E-state index contributed by atoms with van der Waals surface area (Å²) < 4.78 is 5.32. The van der Waals surface area contributed by atoms with E-state index < -0.39 is 5.97 Å². The molecule has 130 valence electrons. The van der Waals surface area contributed by atoms with E-state index in [1.807, 2.05) is 25.1 Å². The lowest BCUT2D eigenvalue weighted by molar-refractivity contribution is 0.0661. The number of carboxylic acid groups (broad SMARTS) is 1. The Morgan fingerprint density at radius 1 is 1.19 bits per heavy atom. The van der Waals surface area contributed by atoms with E-state index in [-0.39, 0.29) is 5.76 Å². The van der Waals surface area contributed by atoms with Crippen molar-refractivity contribution in [3.05, 3.63) is 65.9 Å². The predicted octanol–water partition coefficient (Wildman–Crippen LogP) is 5.25. The number of carboxylic acids is 1. The Hall–Kier alpha value is -2.64. The number of rotatable bonds is 5. The first-order valence-corrected chi connectivity index (χ1v) is 9.69. The van der Waals surface area contributed by atoms with E-state index in [0.29, 0.717) is 17.3 Å². The van der Waals surface area contributed by atoms with E-state index in [0.717, 1.165) is 25.7 Å². The highest BCUT2D eigenvalue weighted by molar-refractivity contribution is 7.98. The van der Waals surface area contributed by atoms with Gasteiger partial charge < -0.3 is 9.52 Å². The second-order valence-corrected chi connectivity index (χ2v) is 7.63. The molecule has 0 atom stereocenters. The highest BCUT2D eigenvalue weighted by atomic mass is 32.2. The third-order valence-electron chi connectivity index (χ3n) is 3.75. The molecule has 0 aliphatic rings. The zero-order valence-corrected chi connectivity index (χ0v) is 15.4. The van der Waals surface area contributed by atoms with Crippen LogP contribution in [0.15, 0.2) is 58.0 Å². The molecule has 0 spiro atoms. The lowest BCUT2D eigenvalue weighted by atomic mass is 10.2. The van der Waals surface area contributed by atoms with E-state index >= 15 is 0 Å². The van der Waals surface area contributed by atoms with Crippen LogP contribution in [-0.2, 0) is 5.75 Å². The minimum Gasteiger partial charge on any atom is -0.475 e. The fraction of sp³-hybridized carbons (Fsp3) is 0.105. The van der Waals surface area contributed by atoms with Crippen molar-refractivity contribution >= 4 is 39.3 Å². The van der Waals surface area contributed by atoms with Gasteiger partial charge in [-0.3, -0.25) is 0 Å². The van der Waals surface area contributed by atoms with Crippen molar-refractivity contribution in [2.75, 3.05) is 0 Å². The fourth-order valence-corrected chi connectivity index (χ4v) is 4.65. The van der Waals surface area contributed by atoms with Gasteiger partial charge in [0.15, 0.2) is 0 Å². The van der Waals surface area contributed by atoms with Crippen LogP contribution in [0.4, 0.5) is 0 Å². The molecule has 0 bridgehead atoms. The molecule has 0 aliphatic carbocycles. The Balaban J connectivity index is 1.65. The van der Waals surface area contributed by atoms with Gasteiger partial charge in [0.05, 0.1) is 5.75 Å². The molecule has 5 nitrogen and oxygen atoms in total. The van der Waals surface area contributed by atoms with Crippen molar-refractivity contribution in [2.24, 2.45) is 0 Å². The van der Waals surface area contributed by atoms with E-state index in [1.54, 1.807) is 17.4 Å². The Morgan fingerprint density at radius 3 is 2.73 bits per heavy atom. The van der Waals surface area contributed by atoms with Crippen LogP contribution in [-0.4, -0.2) is 21.0 Å². The number of aromatic nitrogens is 2. The molecule has 0 radical (unpaired) electrons. The maximum absolute atomic E-state index is 10.9. The molecule has 1 N–H and O–H groups in total. The van der Waals surface area contributed by atoms with E-state index in [2.05, 4.69) is 28.2 Å². The maximum Gasteiger partial charge on any atom is 0.371 e. The van der Waals surface area contributed by atoms with Gasteiger partial charge in [-0.2, -0.15) is 0 Å². The number of carbonyl (C=O) groups is 1. The van der Waals surface area contributed by atoms with Crippen LogP contribution in [0.2, 0.25) is 0 Å². The topological polar surface area (TPSA) is 76.2 Å². The largest absolute Gasteiger partial charge is 0.475 e. The van der Waals surface area contributed by atoms with Crippen molar-refractivity contribution in [1.82, 2.24) is 9.97 Å². The Kier molecular flexibility index (Phi) is 4.48. The summed E-state index contributed by atoms with van der Waals surface area (Å²) in [7, 11) is 0. The smallest absolute Gasteiger partial charge is 0.371 e. The summed E-state index contributed by atoms with van der Waals surface area (Å²) >= 11 is 3.16. The second-order valence-electron chi connectivity index (χ2n) is 5.63. The number of furan rings is 1. The van der Waals surface area contributed by atoms with Crippen LogP contribution >= 0.6 is 23.1 Å². The van der Waals surface area contributed by atoms with E-state index in [4.69, 9.17) is 9.52 Å². The molecule has 0 fully saturated rings. The number of fused-ring (bicyclic) bond motifs is 1. The molecule has 0 aliphatic heterocycles. The molecule has 3 aromatic heterocycles. The third-order valence-corrected chi connectivity index (χ3v) is 5.84. The molecular formula is C19H14N2O3S2. The van der Waals surface area contributed by atoms with Crippen molar-refractivity contribution < 1.29 is 14.3 Å². The van der Waals surface area contributed by atoms with Crippen LogP contribution < -0.4 is 0 Å². The number of thiophene rings is 1. The zero-order chi connectivity index (χ0) is 18.1. The molecule has 3 heterocycles. The number of aromatic carboxylic acids is 1. The number of aryl methyl sites for hydroxylation is 1. The lowest BCUT2D eigenvalue weighted by Crippen LogP contribution is -1.92. The molecule has 4 aromatic rings. The van der Waals surface area contributed by atoms with Gasteiger partial charge in [0.1, 0.15) is 21.4 Å². The first-order valence-electron chi connectivity index (χ1n) is 7.88. The quantitative estimate of drug-likeness (QED) is 0.375. The Labute approximate surface area is 157 Å². The average Bonchev–Trinajstić information content (AvgIpc) is 3.27. The van der Waals surface area contributed by atoms with Gasteiger partial charge in [0.25, 0.3) is 0 Å². The van der Waals surface area contributed by atoms with Gasteiger partial charge in [-0.05, 0) is 30.7 Å². The number of hydrogen-bond donors (Lipinski definition) is 1. The minimum absolute atomic E-state index is 0.0495. The van der Waals surface area contributed by atoms with E-state index in [9.17, 15) is 4.79 Å². The molecule has 0 saturated carbocycles. The minimum atomic E-state index is -1.06. The van der Waals surface area contributed by atoms with Crippen LogP contribution in [0.5, 0.6) is 0 Å². The molecule has 4 rings (SSSR count). The summed E-state index contributed by atoms with van der Waals surface area (Å²) in [5, 5.41) is 10.8. The van der Waals surface area contributed by atoms with E-state index in [1.165, 1.54) is 17.8 Å². The molecule has 7 heteroatoms. The second kappa shape index (κ2) is 6.93. The summed E-state index contributed by atoms with van der Waals surface area (Å²) in [4.78, 5) is 22.1. The van der Waals surface area contributed by atoms with Crippen LogP contribution in [0, 0.1) is 6.92 Å². The van der Waals surface area contributed by atoms with Crippen molar-refractivity contribution in [2.45, 2.75) is 17.7 Å². The summed E-state index contributed by atoms with van der Waals surface area (Å²) in [6.45, 7) is 1.88. The summed E-state index contributed by atoms with van der Waals surface area (Å²) in [5.41, 5.74) is 1.15. The lowest BCUT2D eigenvalue weighted by Gasteiger charge is -2.02. The van der Waals surface area contributed by atoms with Gasteiger partial charge in [-0.25, -0.2) is 14.8 Å². The van der Waals surface area contributed by atoms with Crippen molar-refractivity contribution in [3.8, 4) is 10.4 Å². The fourth-order valence-electron chi connectivity index (χ4n) is 2.56. The number of nitrogens with zero attached hydrogens (tertiary/aromatic N) is 2. The molecule has 0 amide bonds. The van der Waals surface area contributed by atoms with Gasteiger partial charge >= 0.3 is 5.97 Å². The summed E-state index contributed by atoms with van der Waals surface area (Å²) in [6, 6.07) is 15.5. The van der Waals surface area contributed by atoms with Crippen LogP contribution in [0.25, 0.3) is 20.7 Å². The van der Waals surface area contributed by atoms with Gasteiger partial charge in [0.2, 0.25) is 5.76 Å². The van der Waals surface area contributed by atoms with Crippen LogP contribution in [0.1, 0.15) is 22.1 Å². The van der Waals surface area contributed by atoms with Crippen LogP contribution in [0.3, 0.4) is 0 Å². The number of hydrogen-bond acceptors (Lipinski definition) is 6.